The Balaban J connectivity index is 1.46. The highest BCUT2D eigenvalue weighted by Gasteiger charge is 2.46. The molecule has 3 atom stereocenters. The number of piperidine rings is 1. The van der Waals surface area contributed by atoms with Crippen LogP contribution < -0.4 is 4.74 Å². The van der Waals surface area contributed by atoms with Crippen LogP contribution in [0.25, 0.3) is 10.8 Å². The molecule has 39 heavy (non-hydrogen) atoms. The molecule has 4 nitrogen and oxygen atoms in total. The third kappa shape index (κ3) is 5.43. The van der Waals surface area contributed by atoms with E-state index in [0.29, 0.717) is 12.8 Å². The number of rotatable bonds is 5. The number of alkyl halides is 6. The van der Waals surface area contributed by atoms with Gasteiger partial charge < -0.3 is 9.84 Å². The molecule has 1 aliphatic carbocycles. The maximum Gasteiger partial charge on any atom is 0.420 e. The van der Waals surface area contributed by atoms with Crippen LogP contribution in [0, 0.1) is 17.7 Å². The molecule has 0 spiro atoms. The van der Waals surface area contributed by atoms with E-state index in [1.165, 1.54) is 12.1 Å². The van der Waals surface area contributed by atoms with Crippen LogP contribution in [0.1, 0.15) is 75.5 Å². The van der Waals surface area contributed by atoms with Crippen molar-refractivity contribution in [2.24, 2.45) is 11.8 Å². The normalized spacial score (nSPS) is 29.0. The Kier molecular flexibility index (Phi) is 7.26. The summed E-state index contributed by atoms with van der Waals surface area (Å²) in [6.07, 6.45) is -8.12. The molecule has 2 heterocycles. The van der Waals surface area contributed by atoms with Crippen LogP contribution in [-0.4, -0.2) is 40.3 Å². The van der Waals surface area contributed by atoms with Crippen molar-refractivity contribution in [1.82, 2.24) is 4.90 Å². The van der Waals surface area contributed by atoms with Crippen molar-refractivity contribution in [2.45, 2.75) is 94.9 Å². The largest absolute Gasteiger partial charge is 0.490 e. The topological polar surface area (TPSA) is 49.8 Å². The average Bonchev–Trinajstić information content (AvgIpc) is 3.10. The quantitative estimate of drug-likeness (QED) is 0.377. The maximum absolute atomic E-state index is 15.3. The Labute approximate surface area is 221 Å². The Bertz CT molecular complexity index is 1220. The summed E-state index contributed by atoms with van der Waals surface area (Å²) < 4.78 is 103. The van der Waals surface area contributed by atoms with Gasteiger partial charge in [-0.25, -0.2) is 4.39 Å². The van der Waals surface area contributed by atoms with Crippen LogP contribution in [0.15, 0.2) is 24.3 Å². The Hall–Kier alpha value is -2.56. The number of benzene rings is 2. The van der Waals surface area contributed by atoms with E-state index in [1.807, 2.05) is 4.90 Å². The molecule has 2 aromatic rings. The number of hydrogen-bond acceptors (Lipinski definition) is 3. The van der Waals surface area contributed by atoms with Gasteiger partial charge in [-0.15, -0.1) is 0 Å². The van der Waals surface area contributed by atoms with E-state index in [0.717, 1.165) is 25.0 Å². The fourth-order valence-electron chi connectivity index (χ4n) is 6.95. The second-order valence-corrected chi connectivity index (χ2v) is 11.2. The molecule has 3 unspecified atom stereocenters. The first-order valence-electron chi connectivity index (χ1n) is 13.3. The molecule has 0 aromatic heterocycles. The van der Waals surface area contributed by atoms with Gasteiger partial charge in [0.2, 0.25) is 0 Å². The lowest BCUT2D eigenvalue weighted by molar-refractivity contribution is -0.185. The minimum atomic E-state index is -4.85. The Morgan fingerprint density at radius 2 is 1.59 bits per heavy atom. The van der Waals surface area contributed by atoms with Crippen LogP contribution in [-0.2, 0) is 11.0 Å². The molecule has 0 amide bonds. The summed E-state index contributed by atoms with van der Waals surface area (Å²) in [5.74, 6) is -3.97. The van der Waals surface area contributed by atoms with E-state index in [2.05, 4.69) is 0 Å². The van der Waals surface area contributed by atoms with Crippen molar-refractivity contribution < 1.29 is 45.4 Å². The highest BCUT2D eigenvalue weighted by atomic mass is 19.4. The van der Waals surface area contributed by atoms with Gasteiger partial charge in [0.1, 0.15) is 17.1 Å². The monoisotopic (exact) mass is 561 g/mol. The van der Waals surface area contributed by atoms with Crippen LogP contribution in [0.5, 0.6) is 5.75 Å². The fraction of sp³-hybridized carbons (Fsp3) is 0.607. The SMILES string of the molecule is CC(c1cc2c(C(F)(F)F)c(OC3CCC(C(F)(F)F)CC3)ccc2cc1F)N1C2CCC1CC(C(=O)O)C2. The minimum absolute atomic E-state index is 0.0136. The molecule has 2 bridgehead atoms. The number of carboxylic acids is 1. The highest BCUT2D eigenvalue weighted by Crippen LogP contribution is 2.47. The van der Waals surface area contributed by atoms with Gasteiger partial charge in [-0.3, -0.25) is 9.69 Å². The lowest BCUT2D eigenvalue weighted by Crippen LogP contribution is -2.46. The van der Waals surface area contributed by atoms with Crippen LogP contribution in [0.2, 0.25) is 0 Å². The number of ether oxygens (including phenoxy) is 1. The van der Waals surface area contributed by atoms with Gasteiger partial charge in [0, 0.05) is 23.7 Å². The zero-order chi connectivity index (χ0) is 28.3. The zero-order valence-corrected chi connectivity index (χ0v) is 21.3. The van der Waals surface area contributed by atoms with Gasteiger partial charge in [-0.05, 0) is 87.3 Å². The van der Waals surface area contributed by atoms with Crippen molar-refractivity contribution in [3.05, 3.63) is 41.2 Å². The molecular weight excluding hydrogens is 531 g/mol. The summed E-state index contributed by atoms with van der Waals surface area (Å²) in [5.41, 5.74) is -0.986. The fourth-order valence-corrected chi connectivity index (χ4v) is 6.95. The zero-order valence-electron chi connectivity index (χ0n) is 21.3. The molecule has 2 saturated heterocycles. The van der Waals surface area contributed by atoms with Crippen molar-refractivity contribution in [2.75, 3.05) is 0 Å². The third-order valence-electron chi connectivity index (χ3n) is 8.85. The lowest BCUT2D eigenvalue weighted by Gasteiger charge is -2.41. The molecular formula is C28H30F7NO3. The summed E-state index contributed by atoms with van der Waals surface area (Å²) in [4.78, 5) is 13.6. The lowest BCUT2D eigenvalue weighted by atomic mass is 9.87. The predicted molar refractivity (Wildman–Crippen MR) is 129 cm³/mol. The van der Waals surface area contributed by atoms with E-state index in [-0.39, 0.29) is 54.1 Å². The van der Waals surface area contributed by atoms with Crippen molar-refractivity contribution >= 4 is 16.7 Å². The molecule has 214 valence electrons. The molecule has 1 saturated carbocycles. The number of carbonyl (C=O) groups is 1. The number of fused-ring (bicyclic) bond motifs is 3. The maximum atomic E-state index is 15.3. The number of halogens is 7. The average molecular weight is 562 g/mol. The van der Waals surface area contributed by atoms with Crippen molar-refractivity contribution in [3.8, 4) is 5.75 Å². The smallest absolute Gasteiger partial charge is 0.420 e. The van der Waals surface area contributed by atoms with Gasteiger partial charge >= 0.3 is 18.3 Å². The number of nitrogens with zero attached hydrogens (tertiary/aromatic N) is 1. The first kappa shape index (κ1) is 28.0. The molecule has 3 fully saturated rings. The molecule has 11 heteroatoms. The first-order valence-corrected chi connectivity index (χ1v) is 13.3. The number of hydrogen-bond donors (Lipinski definition) is 1. The van der Waals surface area contributed by atoms with Crippen LogP contribution >= 0.6 is 0 Å². The van der Waals surface area contributed by atoms with E-state index in [4.69, 9.17) is 4.74 Å². The third-order valence-corrected chi connectivity index (χ3v) is 8.85. The first-order chi connectivity index (χ1) is 18.2. The summed E-state index contributed by atoms with van der Waals surface area (Å²) in [7, 11) is 0. The molecule has 2 aliphatic heterocycles. The molecule has 2 aromatic carbocycles. The van der Waals surface area contributed by atoms with E-state index < -0.39 is 59.4 Å². The molecule has 0 radical (unpaired) electrons. The van der Waals surface area contributed by atoms with Crippen molar-refractivity contribution in [3.63, 3.8) is 0 Å². The summed E-state index contributed by atoms with van der Waals surface area (Å²) in [5, 5.41) is 9.26. The molecule has 5 rings (SSSR count). The van der Waals surface area contributed by atoms with Gasteiger partial charge in [0.15, 0.2) is 0 Å². The summed E-state index contributed by atoms with van der Waals surface area (Å²) in [6.45, 7) is 1.73. The molecule has 3 aliphatic rings. The van der Waals surface area contributed by atoms with E-state index in [1.54, 1.807) is 6.92 Å². The second-order valence-electron chi connectivity index (χ2n) is 11.2. The Morgan fingerprint density at radius 3 is 2.13 bits per heavy atom. The van der Waals surface area contributed by atoms with Crippen LogP contribution in [0.3, 0.4) is 0 Å². The van der Waals surface area contributed by atoms with Crippen molar-refractivity contribution in [1.29, 1.82) is 0 Å². The summed E-state index contributed by atoms with van der Waals surface area (Å²) in [6, 6.07) is 3.94. The van der Waals surface area contributed by atoms with Gasteiger partial charge in [-0.1, -0.05) is 6.07 Å². The van der Waals surface area contributed by atoms with Gasteiger partial charge in [0.25, 0.3) is 0 Å². The predicted octanol–water partition coefficient (Wildman–Crippen LogP) is 7.89. The summed E-state index contributed by atoms with van der Waals surface area (Å²) >= 11 is 0. The van der Waals surface area contributed by atoms with Gasteiger partial charge in [-0.2, -0.15) is 26.3 Å². The van der Waals surface area contributed by atoms with E-state index in [9.17, 15) is 36.2 Å². The minimum Gasteiger partial charge on any atom is -0.490 e. The standard InChI is InChI=1S/C28H30F7NO3/c1-14(36-18-5-6-19(36)11-16(10-18)26(37)38)21-13-22-15(12-23(21)29)2-9-24(25(22)28(33,34)35)39-20-7-3-17(4-8-20)27(30,31)32/h2,9,12-14,16-20H,3-8,10-11H2,1H3,(H,37,38). The Morgan fingerprint density at radius 1 is 0.974 bits per heavy atom. The van der Waals surface area contributed by atoms with E-state index >= 15 is 4.39 Å². The second kappa shape index (κ2) is 10.1. The molecule has 1 N–H and O–H groups in total. The highest BCUT2D eigenvalue weighted by molar-refractivity contribution is 5.89. The number of carboxylic acid groups (broad SMARTS) is 1. The van der Waals surface area contributed by atoms with Crippen LogP contribution in [0.4, 0.5) is 30.7 Å². The number of aliphatic carboxylic acids is 1. The van der Waals surface area contributed by atoms with Gasteiger partial charge in [0.05, 0.1) is 17.9 Å².